The van der Waals surface area contributed by atoms with E-state index in [1.807, 2.05) is 19.1 Å². The Kier molecular flexibility index (Phi) is 8.38. The lowest BCUT2D eigenvalue weighted by atomic mass is 10.2. The van der Waals surface area contributed by atoms with Crippen LogP contribution in [0.2, 0.25) is 5.02 Å². The zero-order chi connectivity index (χ0) is 19.8. The first-order valence-corrected chi connectivity index (χ1v) is 10.3. The summed E-state index contributed by atoms with van der Waals surface area (Å²) in [7, 11) is 0. The third-order valence-electron chi connectivity index (χ3n) is 5.14. The fraction of sp³-hybridized carbons (Fsp3) is 0.600. The molecule has 6 nitrogen and oxygen atoms in total. The zero-order valence-electron chi connectivity index (χ0n) is 16.6. The summed E-state index contributed by atoms with van der Waals surface area (Å²) in [5.74, 6) is 0.0119. The number of quaternary nitrogens is 1. The molecular weight excluding hydrogens is 364 g/mol. The highest BCUT2D eigenvalue weighted by molar-refractivity contribution is 6.30. The van der Waals surface area contributed by atoms with Gasteiger partial charge in [0.2, 0.25) is 5.91 Å². The Balaban J connectivity index is 1.74. The molecule has 27 heavy (non-hydrogen) atoms. The van der Waals surface area contributed by atoms with Gasteiger partial charge >= 0.3 is 6.03 Å². The number of urea groups is 1. The molecule has 0 bridgehead atoms. The van der Waals surface area contributed by atoms with Gasteiger partial charge in [-0.1, -0.05) is 11.6 Å². The van der Waals surface area contributed by atoms with Crippen LogP contribution in [0.25, 0.3) is 0 Å². The molecule has 0 unspecified atom stereocenters. The standard InChI is InChI=1S/C20H31ClN4O2/c1-4-24(5-2)12-6-7-15(3)22-20(27)23-17-13-19(26)25(14-17)18-10-8-16(21)9-11-18/h8-11,15,17H,4-7,12-14H2,1-3H3,(H2,22,23,27)/p+1/t15-,17+/m0/s1. The highest BCUT2D eigenvalue weighted by Crippen LogP contribution is 2.23. The first-order chi connectivity index (χ1) is 12.9. The maximum absolute atomic E-state index is 12.3. The molecule has 0 aromatic heterocycles. The van der Waals surface area contributed by atoms with Gasteiger partial charge in [0, 0.05) is 29.7 Å². The number of benzene rings is 1. The summed E-state index contributed by atoms with van der Waals surface area (Å²) >= 11 is 5.90. The van der Waals surface area contributed by atoms with Crippen LogP contribution in [0.5, 0.6) is 0 Å². The van der Waals surface area contributed by atoms with Crippen molar-refractivity contribution in [2.45, 2.75) is 52.1 Å². The van der Waals surface area contributed by atoms with E-state index in [4.69, 9.17) is 11.6 Å². The molecule has 0 spiro atoms. The number of anilines is 1. The van der Waals surface area contributed by atoms with Crippen LogP contribution in [-0.4, -0.2) is 50.2 Å². The zero-order valence-corrected chi connectivity index (χ0v) is 17.3. The summed E-state index contributed by atoms with van der Waals surface area (Å²) in [6.07, 6.45) is 2.36. The molecule has 1 aromatic rings. The van der Waals surface area contributed by atoms with Crippen LogP contribution in [0.4, 0.5) is 10.5 Å². The average Bonchev–Trinajstić information content (AvgIpc) is 2.99. The van der Waals surface area contributed by atoms with E-state index in [0.717, 1.165) is 38.2 Å². The Bertz CT molecular complexity index is 619. The summed E-state index contributed by atoms with van der Waals surface area (Å²) in [4.78, 5) is 27.8. The number of rotatable bonds is 9. The smallest absolute Gasteiger partial charge is 0.315 e. The summed E-state index contributed by atoms with van der Waals surface area (Å²) in [5.41, 5.74) is 0.807. The van der Waals surface area contributed by atoms with Crippen LogP contribution >= 0.6 is 11.6 Å². The van der Waals surface area contributed by atoms with Crippen LogP contribution in [-0.2, 0) is 4.79 Å². The fourth-order valence-electron chi connectivity index (χ4n) is 3.46. The molecule has 1 aromatic carbocycles. The number of amides is 3. The van der Waals surface area contributed by atoms with E-state index in [9.17, 15) is 9.59 Å². The van der Waals surface area contributed by atoms with Gasteiger partial charge in [0.05, 0.1) is 25.7 Å². The molecule has 2 atom stereocenters. The number of hydrogen-bond donors (Lipinski definition) is 3. The second-order valence-electron chi connectivity index (χ2n) is 7.25. The lowest BCUT2D eigenvalue weighted by Crippen LogP contribution is -3.11. The molecule has 1 aliphatic heterocycles. The van der Waals surface area contributed by atoms with Crippen molar-refractivity contribution in [3.05, 3.63) is 29.3 Å². The molecule has 0 radical (unpaired) electrons. The van der Waals surface area contributed by atoms with Crippen molar-refractivity contribution in [3.8, 4) is 0 Å². The third kappa shape index (κ3) is 6.70. The Morgan fingerprint density at radius 3 is 2.59 bits per heavy atom. The minimum absolute atomic E-state index is 0.0119. The highest BCUT2D eigenvalue weighted by atomic mass is 35.5. The molecule has 0 saturated carbocycles. The largest absolute Gasteiger partial charge is 0.336 e. The SMILES string of the molecule is CC[NH+](CC)CCC[C@H](C)NC(=O)N[C@@H]1CC(=O)N(c2ccc(Cl)cc2)C1. The van der Waals surface area contributed by atoms with E-state index in [0.29, 0.717) is 18.0 Å². The van der Waals surface area contributed by atoms with Gasteiger partial charge in [-0.2, -0.15) is 0 Å². The maximum Gasteiger partial charge on any atom is 0.315 e. The second kappa shape index (κ2) is 10.5. The van der Waals surface area contributed by atoms with E-state index >= 15 is 0 Å². The number of nitrogens with one attached hydrogen (secondary N) is 3. The Labute approximate surface area is 167 Å². The molecule has 1 fully saturated rings. The topological polar surface area (TPSA) is 65.9 Å². The molecule has 7 heteroatoms. The summed E-state index contributed by atoms with van der Waals surface area (Å²) < 4.78 is 0. The van der Waals surface area contributed by atoms with Gasteiger partial charge < -0.3 is 20.4 Å². The van der Waals surface area contributed by atoms with Crippen LogP contribution in [0, 0.1) is 0 Å². The first-order valence-electron chi connectivity index (χ1n) is 9.89. The minimum Gasteiger partial charge on any atom is -0.336 e. The minimum atomic E-state index is -0.201. The van der Waals surface area contributed by atoms with E-state index in [-0.39, 0.29) is 24.0 Å². The van der Waals surface area contributed by atoms with Gasteiger partial charge in [-0.25, -0.2) is 4.79 Å². The van der Waals surface area contributed by atoms with Crippen molar-refractivity contribution in [2.75, 3.05) is 31.1 Å². The van der Waals surface area contributed by atoms with Gasteiger partial charge in [0.15, 0.2) is 0 Å². The number of halogens is 1. The Morgan fingerprint density at radius 2 is 1.96 bits per heavy atom. The Hall–Kier alpha value is -1.79. The molecule has 3 N–H and O–H groups in total. The molecule has 1 saturated heterocycles. The summed E-state index contributed by atoms with van der Waals surface area (Å²) in [6.45, 7) is 10.3. The van der Waals surface area contributed by atoms with Gasteiger partial charge in [-0.3, -0.25) is 4.79 Å². The molecular formula is C20H32ClN4O2+. The lowest BCUT2D eigenvalue weighted by Gasteiger charge is -2.20. The predicted octanol–water partition coefficient (Wildman–Crippen LogP) is 1.84. The predicted molar refractivity (Wildman–Crippen MR) is 109 cm³/mol. The van der Waals surface area contributed by atoms with E-state index in [1.54, 1.807) is 21.9 Å². The molecule has 2 rings (SSSR count). The van der Waals surface area contributed by atoms with Crippen molar-refractivity contribution in [3.63, 3.8) is 0 Å². The number of hydrogen-bond acceptors (Lipinski definition) is 2. The van der Waals surface area contributed by atoms with Crippen molar-refractivity contribution in [1.82, 2.24) is 10.6 Å². The first kappa shape index (κ1) is 21.5. The molecule has 1 heterocycles. The van der Waals surface area contributed by atoms with Gasteiger partial charge in [-0.05, 0) is 57.9 Å². The van der Waals surface area contributed by atoms with Crippen LogP contribution in [0.1, 0.15) is 40.0 Å². The molecule has 0 aliphatic carbocycles. The van der Waals surface area contributed by atoms with Crippen molar-refractivity contribution in [1.29, 1.82) is 0 Å². The number of carbonyl (C=O) groups excluding carboxylic acids is 2. The monoisotopic (exact) mass is 395 g/mol. The highest BCUT2D eigenvalue weighted by Gasteiger charge is 2.31. The Morgan fingerprint density at radius 1 is 1.30 bits per heavy atom. The maximum atomic E-state index is 12.3. The van der Waals surface area contributed by atoms with Crippen LogP contribution < -0.4 is 20.4 Å². The molecule has 150 valence electrons. The van der Waals surface area contributed by atoms with Crippen molar-refractivity contribution in [2.24, 2.45) is 0 Å². The lowest BCUT2D eigenvalue weighted by molar-refractivity contribution is -0.896. The third-order valence-corrected chi connectivity index (χ3v) is 5.40. The normalized spacial score (nSPS) is 18.0. The van der Waals surface area contributed by atoms with Crippen LogP contribution in [0.3, 0.4) is 0 Å². The van der Waals surface area contributed by atoms with Gasteiger partial charge in [0.25, 0.3) is 0 Å². The average molecular weight is 396 g/mol. The molecule has 3 amide bonds. The van der Waals surface area contributed by atoms with Gasteiger partial charge in [0.1, 0.15) is 0 Å². The molecule has 1 aliphatic rings. The number of nitrogens with zero attached hydrogens (tertiary/aromatic N) is 1. The summed E-state index contributed by atoms with van der Waals surface area (Å²) in [5, 5.41) is 6.55. The van der Waals surface area contributed by atoms with E-state index in [2.05, 4.69) is 24.5 Å². The van der Waals surface area contributed by atoms with E-state index < -0.39 is 0 Å². The van der Waals surface area contributed by atoms with Crippen molar-refractivity contribution >= 4 is 29.2 Å². The summed E-state index contributed by atoms with van der Waals surface area (Å²) in [6, 6.07) is 6.90. The quantitative estimate of drug-likeness (QED) is 0.597. The van der Waals surface area contributed by atoms with Gasteiger partial charge in [-0.15, -0.1) is 0 Å². The van der Waals surface area contributed by atoms with Crippen LogP contribution in [0.15, 0.2) is 24.3 Å². The number of carbonyl (C=O) groups is 2. The fourth-order valence-corrected chi connectivity index (χ4v) is 3.59. The second-order valence-corrected chi connectivity index (χ2v) is 7.69. The van der Waals surface area contributed by atoms with E-state index in [1.165, 1.54) is 0 Å². The van der Waals surface area contributed by atoms with Crippen molar-refractivity contribution < 1.29 is 14.5 Å².